The number of nitrogens with two attached hydrogens (primary N) is 1. The van der Waals surface area contributed by atoms with E-state index in [1.807, 2.05) is 0 Å². The Balaban J connectivity index is 1.43. The van der Waals surface area contributed by atoms with Gasteiger partial charge < -0.3 is 20.3 Å². The van der Waals surface area contributed by atoms with Crippen molar-refractivity contribution in [2.45, 2.75) is 76.0 Å². The number of nitrogens with zero attached hydrogens (tertiary/aromatic N) is 4. The molecule has 1 aliphatic heterocycles. The number of carboxylic acids is 1. The zero-order valence-corrected chi connectivity index (χ0v) is 18.3. The predicted octanol–water partition coefficient (Wildman–Crippen LogP) is 2.98. The van der Waals surface area contributed by atoms with E-state index in [1.54, 1.807) is 4.57 Å². The SMILES string of the molecule is C#C[C@@]1(COC(=O)CCCCCCCCC(=O)O)CC[C@H](n2cnc3c(N)nc(F)nc32)O1. The lowest BCUT2D eigenvalue weighted by molar-refractivity contribution is -0.152. The predicted molar refractivity (Wildman–Crippen MR) is 116 cm³/mol. The fraction of sp³-hybridized carbons (Fsp3) is 0.591. The molecule has 178 valence electrons. The first-order chi connectivity index (χ1) is 15.8. The lowest BCUT2D eigenvalue weighted by Gasteiger charge is -2.23. The van der Waals surface area contributed by atoms with Crippen LogP contribution in [0.2, 0.25) is 0 Å². The van der Waals surface area contributed by atoms with Gasteiger partial charge in [-0.3, -0.25) is 14.2 Å². The maximum atomic E-state index is 13.6. The lowest BCUT2D eigenvalue weighted by Crippen LogP contribution is -2.34. The van der Waals surface area contributed by atoms with Crippen molar-refractivity contribution in [2.24, 2.45) is 0 Å². The van der Waals surface area contributed by atoms with Crippen LogP contribution < -0.4 is 5.73 Å². The molecule has 3 rings (SSSR count). The molecule has 2 atom stereocenters. The number of terminal acetylenes is 1. The highest BCUT2D eigenvalue weighted by molar-refractivity contribution is 5.81. The molecular formula is C22H28FN5O5. The van der Waals surface area contributed by atoms with Gasteiger partial charge >= 0.3 is 18.0 Å². The van der Waals surface area contributed by atoms with Crippen molar-refractivity contribution >= 4 is 28.9 Å². The number of nitrogen functional groups attached to an aromatic ring is 1. The van der Waals surface area contributed by atoms with Gasteiger partial charge in [-0.05, 0) is 25.7 Å². The number of esters is 1. The number of aliphatic carboxylic acids is 1. The Kier molecular flexibility index (Phi) is 8.16. The van der Waals surface area contributed by atoms with Crippen LogP contribution in [-0.2, 0) is 19.1 Å². The van der Waals surface area contributed by atoms with Crippen LogP contribution in [0.25, 0.3) is 11.2 Å². The Morgan fingerprint density at radius 2 is 1.97 bits per heavy atom. The summed E-state index contributed by atoms with van der Waals surface area (Å²) in [5.41, 5.74) is 5.09. The third kappa shape index (κ3) is 6.38. The second kappa shape index (κ2) is 11.0. The van der Waals surface area contributed by atoms with E-state index in [4.69, 9.17) is 26.7 Å². The lowest BCUT2D eigenvalue weighted by atomic mass is 10.0. The number of carboxylic acid groups (broad SMARTS) is 1. The Hall–Kier alpha value is -3.26. The second-order valence-electron chi connectivity index (χ2n) is 8.13. The van der Waals surface area contributed by atoms with Crippen molar-refractivity contribution in [3.05, 3.63) is 12.4 Å². The molecule has 1 fully saturated rings. The zero-order chi connectivity index (χ0) is 23.8. The van der Waals surface area contributed by atoms with Crippen LogP contribution in [0.3, 0.4) is 0 Å². The maximum Gasteiger partial charge on any atom is 0.312 e. The van der Waals surface area contributed by atoms with E-state index < -0.39 is 23.9 Å². The van der Waals surface area contributed by atoms with Gasteiger partial charge in [0.25, 0.3) is 0 Å². The van der Waals surface area contributed by atoms with Gasteiger partial charge in [0.15, 0.2) is 22.6 Å². The number of carbonyl (C=O) groups is 2. The first-order valence-electron chi connectivity index (χ1n) is 11.0. The number of imidazole rings is 1. The second-order valence-corrected chi connectivity index (χ2v) is 8.13. The number of aromatic nitrogens is 4. The van der Waals surface area contributed by atoms with Crippen molar-refractivity contribution in [1.29, 1.82) is 0 Å². The molecule has 2 aromatic rings. The van der Waals surface area contributed by atoms with Crippen molar-refractivity contribution in [2.75, 3.05) is 12.3 Å². The fourth-order valence-corrected chi connectivity index (χ4v) is 3.83. The molecule has 0 radical (unpaired) electrons. The van der Waals surface area contributed by atoms with Crippen LogP contribution in [0.4, 0.5) is 10.2 Å². The topological polar surface area (TPSA) is 142 Å². The summed E-state index contributed by atoms with van der Waals surface area (Å²) >= 11 is 0. The van der Waals surface area contributed by atoms with Gasteiger partial charge in [0.05, 0.1) is 6.33 Å². The fourth-order valence-electron chi connectivity index (χ4n) is 3.83. The van der Waals surface area contributed by atoms with E-state index in [2.05, 4.69) is 20.9 Å². The van der Waals surface area contributed by atoms with E-state index in [0.29, 0.717) is 25.7 Å². The molecule has 2 aromatic heterocycles. The van der Waals surface area contributed by atoms with Gasteiger partial charge in [-0.15, -0.1) is 6.42 Å². The van der Waals surface area contributed by atoms with E-state index in [9.17, 15) is 14.0 Å². The average molecular weight is 461 g/mol. The summed E-state index contributed by atoms with van der Waals surface area (Å²) in [6.07, 6.45) is 12.0. The standard InChI is InChI=1S/C22H28FN5O5/c1-2-22(13-32-17(31)10-8-6-4-3-5-7-9-16(29)30)12-11-15(33-22)28-14-25-18-19(24)26-21(23)27-20(18)28/h1,14-15H,3-13H2,(H,29,30)(H2,24,26,27)/t15-,22+/m1/s1. The van der Waals surface area contributed by atoms with Crippen LogP contribution in [0.5, 0.6) is 0 Å². The Labute approximate surface area is 190 Å². The molecule has 0 saturated carbocycles. The monoisotopic (exact) mass is 461 g/mol. The first-order valence-corrected chi connectivity index (χ1v) is 11.0. The van der Waals surface area contributed by atoms with Crippen molar-refractivity contribution in [3.63, 3.8) is 0 Å². The van der Waals surface area contributed by atoms with Crippen LogP contribution in [0, 0.1) is 18.4 Å². The zero-order valence-electron chi connectivity index (χ0n) is 18.3. The summed E-state index contributed by atoms with van der Waals surface area (Å²) in [6.45, 7) is -0.0772. The van der Waals surface area contributed by atoms with E-state index in [1.165, 1.54) is 6.33 Å². The molecule has 10 nitrogen and oxygen atoms in total. The van der Waals surface area contributed by atoms with Crippen molar-refractivity contribution < 1.29 is 28.6 Å². The largest absolute Gasteiger partial charge is 0.481 e. The number of ether oxygens (including phenoxy) is 2. The third-order valence-corrected chi connectivity index (χ3v) is 5.64. The molecular weight excluding hydrogens is 433 g/mol. The third-order valence-electron chi connectivity index (χ3n) is 5.64. The number of rotatable bonds is 12. The summed E-state index contributed by atoms with van der Waals surface area (Å²) in [4.78, 5) is 33.9. The van der Waals surface area contributed by atoms with E-state index in [-0.39, 0.29) is 42.4 Å². The highest BCUT2D eigenvalue weighted by Crippen LogP contribution is 2.38. The van der Waals surface area contributed by atoms with Crippen molar-refractivity contribution in [1.82, 2.24) is 19.5 Å². The van der Waals surface area contributed by atoms with Gasteiger partial charge in [-0.2, -0.15) is 14.4 Å². The molecule has 3 heterocycles. The first kappa shape index (κ1) is 24.4. The van der Waals surface area contributed by atoms with E-state index >= 15 is 0 Å². The summed E-state index contributed by atoms with van der Waals surface area (Å²) < 4.78 is 26.6. The highest BCUT2D eigenvalue weighted by Gasteiger charge is 2.41. The maximum absolute atomic E-state index is 13.6. The summed E-state index contributed by atoms with van der Waals surface area (Å²) in [6, 6.07) is 0. The van der Waals surface area contributed by atoms with Gasteiger partial charge in [0.2, 0.25) is 0 Å². The van der Waals surface area contributed by atoms with Crippen LogP contribution in [0.1, 0.15) is 70.4 Å². The molecule has 11 heteroatoms. The van der Waals surface area contributed by atoms with Crippen molar-refractivity contribution in [3.8, 4) is 12.3 Å². The summed E-state index contributed by atoms with van der Waals surface area (Å²) in [5, 5.41) is 8.61. The Morgan fingerprint density at radius 3 is 2.67 bits per heavy atom. The quantitative estimate of drug-likeness (QED) is 0.211. The number of hydrogen-bond acceptors (Lipinski definition) is 8. The number of fused-ring (bicyclic) bond motifs is 1. The number of anilines is 1. The molecule has 1 saturated heterocycles. The molecule has 33 heavy (non-hydrogen) atoms. The number of halogens is 1. The highest BCUT2D eigenvalue weighted by atomic mass is 19.1. The molecule has 0 unspecified atom stereocenters. The number of unbranched alkanes of at least 4 members (excludes halogenated alkanes) is 5. The molecule has 1 aliphatic rings. The van der Waals surface area contributed by atoms with Gasteiger partial charge in [0.1, 0.15) is 12.8 Å². The Morgan fingerprint density at radius 1 is 1.27 bits per heavy atom. The molecule has 0 spiro atoms. The summed E-state index contributed by atoms with van der Waals surface area (Å²) in [7, 11) is 0. The number of hydrogen-bond donors (Lipinski definition) is 2. The molecule has 0 bridgehead atoms. The van der Waals surface area contributed by atoms with Crippen LogP contribution in [0.15, 0.2) is 6.33 Å². The Bertz CT molecular complexity index is 1040. The minimum absolute atomic E-state index is 0.0633. The van der Waals surface area contributed by atoms with Gasteiger partial charge in [0, 0.05) is 12.8 Å². The average Bonchev–Trinajstić information content (AvgIpc) is 3.39. The smallest absolute Gasteiger partial charge is 0.312 e. The summed E-state index contributed by atoms with van der Waals surface area (Å²) in [5.74, 6) is 1.41. The minimum atomic E-state index is -1.09. The van der Waals surface area contributed by atoms with Crippen LogP contribution in [-0.4, -0.2) is 48.8 Å². The molecule has 0 aromatic carbocycles. The minimum Gasteiger partial charge on any atom is -0.481 e. The van der Waals surface area contributed by atoms with E-state index in [0.717, 1.165) is 25.7 Å². The normalized spacial score (nSPS) is 20.1. The van der Waals surface area contributed by atoms with Crippen LogP contribution >= 0.6 is 0 Å². The molecule has 3 N–H and O–H groups in total. The molecule has 0 aliphatic carbocycles. The number of carbonyl (C=O) groups excluding carboxylic acids is 1. The van der Waals surface area contributed by atoms with Gasteiger partial charge in [-0.25, -0.2) is 4.98 Å². The van der Waals surface area contributed by atoms with Gasteiger partial charge in [-0.1, -0.05) is 31.6 Å². The molecule has 0 amide bonds.